The number of carbonyl (C=O) groups is 2. The molecule has 0 saturated carbocycles. The van der Waals surface area contributed by atoms with Crippen molar-refractivity contribution in [3.05, 3.63) is 70.7 Å². The average molecular weight is 436 g/mol. The van der Waals surface area contributed by atoms with E-state index in [0.29, 0.717) is 21.8 Å². The molecule has 2 aromatic carbocycles. The first kappa shape index (κ1) is 21.3. The summed E-state index contributed by atoms with van der Waals surface area (Å²) in [4.78, 5) is 28.7. The van der Waals surface area contributed by atoms with Gasteiger partial charge in [-0.1, -0.05) is 30.3 Å². The number of amides is 1. The molecule has 1 unspecified atom stereocenters. The molecule has 10 heteroatoms. The molecule has 0 aliphatic rings. The van der Waals surface area contributed by atoms with Crippen LogP contribution in [0.25, 0.3) is 10.6 Å². The number of rotatable bonds is 6. The highest BCUT2D eigenvalue weighted by molar-refractivity contribution is 7.17. The molecule has 2 N–H and O–H groups in total. The van der Waals surface area contributed by atoms with Crippen molar-refractivity contribution in [2.75, 3.05) is 0 Å². The zero-order valence-corrected chi connectivity index (χ0v) is 16.3. The molecule has 0 aliphatic heterocycles. The molecule has 0 spiro atoms. The smallest absolute Gasteiger partial charge is 0.479 e. The van der Waals surface area contributed by atoms with Gasteiger partial charge in [-0.2, -0.15) is 0 Å². The maximum atomic E-state index is 12.7. The van der Waals surface area contributed by atoms with Crippen LogP contribution < -0.4 is 10.1 Å². The molecule has 3 aromatic rings. The molecule has 30 heavy (non-hydrogen) atoms. The third-order valence-corrected chi connectivity index (χ3v) is 5.20. The molecular weight excluding hydrogens is 421 g/mol. The number of carboxylic acid groups (broad SMARTS) is 1. The Morgan fingerprint density at radius 1 is 1.10 bits per heavy atom. The van der Waals surface area contributed by atoms with Gasteiger partial charge in [-0.15, -0.1) is 24.5 Å². The number of nitrogens with zero attached hydrogens (tertiary/aromatic N) is 1. The first-order chi connectivity index (χ1) is 14.1. The van der Waals surface area contributed by atoms with Crippen molar-refractivity contribution in [2.45, 2.75) is 19.3 Å². The Morgan fingerprint density at radius 3 is 2.30 bits per heavy atom. The lowest BCUT2D eigenvalue weighted by molar-refractivity contribution is -0.274. The van der Waals surface area contributed by atoms with Crippen molar-refractivity contribution in [1.82, 2.24) is 10.3 Å². The van der Waals surface area contributed by atoms with Gasteiger partial charge < -0.3 is 15.2 Å². The number of carboxylic acids is 1. The lowest BCUT2D eigenvalue weighted by atomic mass is 10.1. The van der Waals surface area contributed by atoms with E-state index in [-0.39, 0.29) is 10.6 Å². The van der Waals surface area contributed by atoms with E-state index >= 15 is 0 Å². The molecule has 0 saturated heterocycles. The zero-order chi connectivity index (χ0) is 21.9. The second-order valence-electron chi connectivity index (χ2n) is 6.16. The maximum Gasteiger partial charge on any atom is 0.573 e. The molecule has 0 radical (unpaired) electrons. The number of nitrogens with one attached hydrogen (secondary N) is 1. The summed E-state index contributed by atoms with van der Waals surface area (Å²) < 4.78 is 40.7. The Morgan fingerprint density at radius 2 is 1.73 bits per heavy atom. The second kappa shape index (κ2) is 8.54. The van der Waals surface area contributed by atoms with E-state index in [1.807, 2.05) is 0 Å². The first-order valence-electron chi connectivity index (χ1n) is 8.56. The SMILES string of the molecule is Cc1nc(-c2ccc(OC(F)(F)F)cc2)sc1C(=O)NC(C(=O)O)c1ccccc1. The Bertz CT molecular complexity index is 1050. The molecule has 1 heterocycles. The fourth-order valence-electron chi connectivity index (χ4n) is 2.66. The van der Waals surface area contributed by atoms with Gasteiger partial charge >= 0.3 is 12.3 Å². The van der Waals surface area contributed by atoms with E-state index in [1.165, 1.54) is 12.1 Å². The second-order valence-corrected chi connectivity index (χ2v) is 7.16. The molecule has 0 fully saturated rings. The van der Waals surface area contributed by atoms with Crippen LogP contribution in [0.5, 0.6) is 5.75 Å². The number of ether oxygens (including phenoxy) is 1. The number of aliphatic carboxylic acids is 1. The third kappa shape index (κ3) is 5.15. The van der Waals surface area contributed by atoms with Crippen molar-refractivity contribution in [3.8, 4) is 16.3 Å². The molecule has 1 aromatic heterocycles. The number of aromatic nitrogens is 1. The summed E-state index contributed by atoms with van der Waals surface area (Å²) in [6.45, 7) is 1.59. The molecule has 6 nitrogen and oxygen atoms in total. The van der Waals surface area contributed by atoms with Gasteiger partial charge in [-0.3, -0.25) is 4.79 Å². The molecule has 0 aliphatic carbocycles. The highest BCUT2D eigenvalue weighted by atomic mass is 32.1. The summed E-state index contributed by atoms with van der Waals surface area (Å²) in [5.74, 6) is -2.19. The molecular formula is C20H15F3N2O4S. The van der Waals surface area contributed by atoms with Crippen LogP contribution in [-0.4, -0.2) is 28.3 Å². The average Bonchev–Trinajstić information content (AvgIpc) is 3.07. The lowest BCUT2D eigenvalue weighted by Gasteiger charge is -2.14. The quantitative estimate of drug-likeness (QED) is 0.591. The van der Waals surface area contributed by atoms with E-state index in [1.54, 1.807) is 37.3 Å². The van der Waals surface area contributed by atoms with Gasteiger partial charge in [-0.05, 0) is 36.8 Å². The Kier molecular flexibility index (Phi) is 6.06. The summed E-state index contributed by atoms with van der Waals surface area (Å²) >= 11 is 1.01. The van der Waals surface area contributed by atoms with Crippen LogP contribution in [0, 0.1) is 6.92 Å². The highest BCUT2D eigenvalue weighted by Gasteiger charge is 2.31. The van der Waals surface area contributed by atoms with Gasteiger partial charge in [0.15, 0.2) is 6.04 Å². The molecule has 156 valence electrons. The van der Waals surface area contributed by atoms with Crippen LogP contribution in [0.15, 0.2) is 54.6 Å². The van der Waals surface area contributed by atoms with Crippen LogP contribution in [0.2, 0.25) is 0 Å². The molecule has 3 rings (SSSR count). The van der Waals surface area contributed by atoms with Gasteiger partial charge in [0.2, 0.25) is 0 Å². The predicted molar refractivity (Wildman–Crippen MR) is 103 cm³/mol. The van der Waals surface area contributed by atoms with Crippen LogP contribution >= 0.6 is 11.3 Å². The minimum absolute atomic E-state index is 0.211. The highest BCUT2D eigenvalue weighted by Crippen LogP contribution is 2.31. The normalized spacial score (nSPS) is 12.3. The first-order valence-corrected chi connectivity index (χ1v) is 9.38. The number of carbonyl (C=O) groups excluding carboxylic acids is 1. The maximum absolute atomic E-state index is 12.7. The van der Waals surface area contributed by atoms with Gasteiger partial charge in [0, 0.05) is 5.56 Å². The Hall–Kier alpha value is -3.40. The van der Waals surface area contributed by atoms with Crippen LogP contribution in [0.3, 0.4) is 0 Å². The Labute approximate surface area is 173 Å². The summed E-state index contributed by atoms with van der Waals surface area (Å²) in [5, 5.41) is 12.3. The predicted octanol–water partition coefficient (Wildman–Crippen LogP) is 4.57. The van der Waals surface area contributed by atoms with Crippen LogP contribution in [-0.2, 0) is 4.79 Å². The minimum Gasteiger partial charge on any atom is -0.479 e. The molecule has 1 atom stereocenters. The van der Waals surface area contributed by atoms with Crippen molar-refractivity contribution in [2.24, 2.45) is 0 Å². The van der Waals surface area contributed by atoms with E-state index in [9.17, 15) is 27.9 Å². The molecule has 0 bridgehead atoms. The largest absolute Gasteiger partial charge is 0.573 e. The van der Waals surface area contributed by atoms with Crippen molar-refractivity contribution in [1.29, 1.82) is 0 Å². The standard InChI is InChI=1S/C20H15F3N2O4S/c1-11-16(17(26)25-15(19(27)28)12-5-3-2-4-6-12)30-18(24-11)13-7-9-14(10-8-13)29-20(21,22)23/h2-10,15H,1H3,(H,25,26)(H,27,28). The van der Waals surface area contributed by atoms with E-state index in [4.69, 9.17) is 0 Å². The number of thiazole rings is 1. The number of benzene rings is 2. The van der Waals surface area contributed by atoms with Gasteiger partial charge in [0.05, 0.1) is 5.69 Å². The summed E-state index contributed by atoms with van der Waals surface area (Å²) in [5.41, 5.74) is 1.29. The van der Waals surface area contributed by atoms with Crippen molar-refractivity contribution >= 4 is 23.2 Å². The van der Waals surface area contributed by atoms with Gasteiger partial charge in [0.1, 0.15) is 15.6 Å². The van der Waals surface area contributed by atoms with E-state index < -0.39 is 24.3 Å². The van der Waals surface area contributed by atoms with E-state index in [0.717, 1.165) is 23.5 Å². The Balaban J connectivity index is 1.80. The topological polar surface area (TPSA) is 88.5 Å². The fraction of sp³-hybridized carbons (Fsp3) is 0.150. The van der Waals surface area contributed by atoms with Crippen LogP contribution in [0.1, 0.15) is 27.0 Å². The fourth-order valence-corrected chi connectivity index (χ4v) is 3.63. The summed E-state index contributed by atoms with van der Waals surface area (Å²) in [7, 11) is 0. The van der Waals surface area contributed by atoms with Gasteiger partial charge in [-0.25, -0.2) is 9.78 Å². The van der Waals surface area contributed by atoms with Gasteiger partial charge in [0.25, 0.3) is 5.91 Å². The summed E-state index contributed by atoms with van der Waals surface area (Å²) in [6.07, 6.45) is -4.79. The minimum atomic E-state index is -4.79. The van der Waals surface area contributed by atoms with E-state index in [2.05, 4.69) is 15.0 Å². The number of aryl methyl sites for hydroxylation is 1. The zero-order valence-electron chi connectivity index (χ0n) is 15.4. The monoisotopic (exact) mass is 436 g/mol. The number of hydrogen-bond donors (Lipinski definition) is 2. The number of hydrogen-bond acceptors (Lipinski definition) is 5. The van der Waals surface area contributed by atoms with Crippen LogP contribution in [0.4, 0.5) is 13.2 Å². The lowest BCUT2D eigenvalue weighted by Crippen LogP contribution is -2.33. The number of halogens is 3. The number of alkyl halides is 3. The third-order valence-electron chi connectivity index (χ3n) is 3.99. The van der Waals surface area contributed by atoms with Crippen molar-refractivity contribution < 1.29 is 32.6 Å². The van der Waals surface area contributed by atoms with Crippen molar-refractivity contribution in [3.63, 3.8) is 0 Å². The molecule has 1 amide bonds. The summed E-state index contributed by atoms with van der Waals surface area (Å²) in [6, 6.07) is 12.1.